The van der Waals surface area contributed by atoms with E-state index in [2.05, 4.69) is 0 Å². The predicted molar refractivity (Wildman–Crippen MR) is 118 cm³/mol. The number of hydrogen-bond acceptors (Lipinski definition) is 6. The molecule has 0 aromatic heterocycles. The van der Waals surface area contributed by atoms with E-state index in [1.54, 1.807) is 24.3 Å². The van der Waals surface area contributed by atoms with E-state index in [0.717, 1.165) is 5.69 Å². The van der Waals surface area contributed by atoms with Gasteiger partial charge in [0, 0.05) is 51.0 Å². The molecule has 0 atom stereocenters. The van der Waals surface area contributed by atoms with Crippen molar-refractivity contribution in [1.82, 2.24) is 9.21 Å². The van der Waals surface area contributed by atoms with Crippen LogP contribution in [0.1, 0.15) is 10.4 Å². The summed E-state index contributed by atoms with van der Waals surface area (Å²) in [5, 5.41) is 0.456. The second kappa shape index (κ2) is 9.67. The molecule has 0 aliphatic carbocycles. The Morgan fingerprint density at radius 3 is 2.10 bits per heavy atom. The lowest BCUT2D eigenvalue weighted by atomic mass is 10.2. The average molecular weight is 466 g/mol. The number of amides is 1. The molecule has 1 aliphatic rings. The zero-order valence-corrected chi connectivity index (χ0v) is 18.9. The maximum absolute atomic E-state index is 12.7. The van der Waals surface area contributed by atoms with Crippen molar-refractivity contribution in [2.45, 2.75) is 4.90 Å². The Labute approximate surface area is 187 Å². The summed E-state index contributed by atoms with van der Waals surface area (Å²) in [6.45, 7) is 0.382. The van der Waals surface area contributed by atoms with Gasteiger partial charge in [0.15, 0.2) is 6.61 Å². The van der Waals surface area contributed by atoms with Crippen molar-refractivity contribution in [1.29, 1.82) is 0 Å². The summed E-state index contributed by atoms with van der Waals surface area (Å²) in [5.74, 6) is -0.940. The Balaban J connectivity index is 1.51. The van der Waals surface area contributed by atoms with Crippen LogP contribution in [0.2, 0.25) is 5.02 Å². The Morgan fingerprint density at radius 2 is 1.55 bits per heavy atom. The molecular weight excluding hydrogens is 442 g/mol. The molecule has 166 valence electrons. The minimum absolute atomic E-state index is 0.158. The number of hydrogen-bond donors (Lipinski definition) is 0. The van der Waals surface area contributed by atoms with Gasteiger partial charge >= 0.3 is 5.97 Å². The van der Waals surface area contributed by atoms with Gasteiger partial charge in [-0.3, -0.25) is 4.79 Å². The van der Waals surface area contributed by atoms with Crippen molar-refractivity contribution in [3.63, 3.8) is 0 Å². The summed E-state index contributed by atoms with van der Waals surface area (Å²) >= 11 is 5.82. The van der Waals surface area contributed by atoms with Crippen LogP contribution in [0.5, 0.6) is 0 Å². The molecule has 31 heavy (non-hydrogen) atoms. The molecule has 0 unspecified atom stereocenters. The van der Waals surface area contributed by atoms with Crippen LogP contribution in [0.4, 0.5) is 5.69 Å². The van der Waals surface area contributed by atoms with Gasteiger partial charge in [-0.1, -0.05) is 11.6 Å². The molecule has 1 aliphatic heterocycles. The van der Waals surface area contributed by atoms with Crippen molar-refractivity contribution < 1.29 is 22.7 Å². The lowest BCUT2D eigenvalue weighted by Crippen LogP contribution is -2.51. The number of ether oxygens (including phenoxy) is 1. The largest absolute Gasteiger partial charge is 0.452 e. The first-order chi connectivity index (χ1) is 14.7. The van der Waals surface area contributed by atoms with Gasteiger partial charge in [0.05, 0.1) is 10.5 Å². The van der Waals surface area contributed by atoms with Crippen LogP contribution in [-0.4, -0.2) is 76.4 Å². The van der Waals surface area contributed by atoms with E-state index in [9.17, 15) is 18.0 Å². The maximum Gasteiger partial charge on any atom is 0.338 e. The molecule has 0 N–H and O–H groups in total. The highest BCUT2D eigenvalue weighted by Crippen LogP contribution is 2.20. The Kier molecular flexibility index (Phi) is 7.19. The van der Waals surface area contributed by atoms with Crippen molar-refractivity contribution in [3.8, 4) is 0 Å². The van der Waals surface area contributed by atoms with Gasteiger partial charge in [0.1, 0.15) is 0 Å². The van der Waals surface area contributed by atoms with Crippen molar-refractivity contribution in [3.05, 3.63) is 59.1 Å². The van der Waals surface area contributed by atoms with Gasteiger partial charge in [0.25, 0.3) is 5.91 Å². The van der Waals surface area contributed by atoms with Crippen LogP contribution in [0.15, 0.2) is 53.4 Å². The van der Waals surface area contributed by atoms with Gasteiger partial charge in [-0.25, -0.2) is 13.2 Å². The first-order valence-corrected chi connectivity index (χ1v) is 11.5. The van der Waals surface area contributed by atoms with E-state index in [1.807, 2.05) is 19.0 Å². The third kappa shape index (κ3) is 5.55. The van der Waals surface area contributed by atoms with Crippen molar-refractivity contribution in [2.24, 2.45) is 0 Å². The molecular formula is C21H24ClN3O5S. The Hall–Kier alpha value is -2.62. The fraction of sp³-hybridized carbons (Fsp3) is 0.333. The Bertz CT molecular complexity index is 1030. The second-order valence-corrected chi connectivity index (χ2v) is 9.63. The molecule has 2 aromatic carbocycles. The number of carbonyl (C=O) groups is 2. The smallest absolute Gasteiger partial charge is 0.338 e. The van der Waals surface area contributed by atoms with Crippen molar-refractivity contribution >= 4 is 39.2 Å². The average Bonchev–Trinajstić information content (AvgIpc) is 2.77. The summed E-state index contributed by atoms with van der Waals surface area (Å²) < 4.78 is 31.9. The maximum atomic E-state index is 12.7. The summed E-state index contributed by atoms with van der Waals surface area (Å²) in [7, 11) is 0.139. The number of nitrogens with zero attached hydrogens (tertiary/aromatic N) is 3. The third-order valence-corrected chi connectivity index (χ3v) is 7.15. The normalized spacial score (nSPS) is 14.9. The first-order valence-electron chi connectivity index (χ1n) is 9.66. The highest BCUT2D eigenvalue weighted by Gasteiger charge is 2.30. The zero-order valence-electron chi connectivity index (χ0n) is 17.3. The lowest BCUT2D eigenvalue weighted by Gasteiger charge is -2.33. The third-order valence-electron chi connectivity index (χ3n) is 4.99. The van der Waals surface area contributed by atoms with Crippen LogP contribution in [-0.2, 0) is 19.6 Å². The monoisotopic (exact) mass is 465 g/mol. The molecule has 1 amide bonds. The number of carbonyl (C=O) groups excluding carboxylic acids is 2. The minimum atomic E-state index is -3.65. The minimum Gasteiger partial charge on any atom is -0.452 e. The van der Waals surface area contributed by atoms with Gasteiger partial charge in [0.2, 0.25) is 10.0 Å². The van der Waals surface area contributed by atoms with E-state index < -0.39 is 22.6 Å². The highest BCUT2D eigenvalue weighted by atomic mass is 35.5. The summed E-state index contributed by atoms with van der Waals surface area (Å²) in [6.07, 6.45) is 0. The van der Waals surface area contributed by atoms with E-state index in [-0.39, 0.29) is 37.0 Å². The van der Waals surface area contributed by atoms with E-state index >= 15 is 0 Å². The fourth-order valence-electron chi connectivity index (χ4n) is 3.13. The number of sulfonamides is 1. The number of benzene rings is 2. The molecule has 2 aromatic rings. The summed E-state index contributed by atoms with van der Waals surface area (Å²) in [5.41, 5.74) is 1.30. The quantitative estimate of drug-likeness (QED) is 0.607. The SMILES string of the molecule is CN(C)c1ccc(C(=O)OCC(=O)N2CCN(S(=O)(=O)c3ccc(Cl)cc3)CC2)cc1. The van der Waals surface area contributed by atoms with Gasteiger partial charge < -0.3 is 14.5 Å². The number of esters is 1. The van der Waals surface area contributed by atoms with E-state index in [4.69, 9.17) is 16.3 Å². The number of piperazine rings is 1. The molecule has 0 bridgehead atoms. The number of anilines is 1. The molecule has 1 fully saturated rings. The molecule has 0 radical (unpaired) electrons. The van der Waals surface area contributed by atoms with Gasteiger partial charge in [-0.05, 0) is 48.5 Å². The molecule has 0 saturated carbocycles. The molecule has 3 rings (SSSR count). The molecule has 1 heterocycles. The standard InChI is InChI=1S/C21H24ClN3O5S/c1-23(2)18-7-3-16(4-8-18)21(27)30-15-20(26)24-11-13-25(14-12-24)31(28,29)19-9-5-17(22)6-10-19/h3-10H,11-15H2,1-2H3. The summed E-state index contributed by atoms with van der Waals surface area (Å²) in [4.78, 5) is 28.1. The zero-order chi connectivity index (χ0) is 22.6. The molecule has 0 spiro atoms. The first kappa shape index (κ1) is 23.1. The van der Waals surface area contributed by atoms with Crippen LogP contribution in [0.25, 0.3) is 0 Å². The van der Waals surface area contributed by atoms with Gasteiger partial charge in [-0.2, -0.15) is 4.31 Å². The van der Waals surface area contributed by atoms with Crippen LogP contribution < -0.4 is 4.90 Å². The van der Waals surface area contributed by atoms with E-state index in [0.29, 0.717) is 10.6 Å². The predicted octanol–water partition coefficient (Wildman–Crippen LogP) is 2.10. The highest BCUT2D eigenvalue weighted by molar-refractivity contribution is 7.89. The Morgan fingerprint density at radius 1 is 0.968 bits per heavy atom. The topological polar surface area (TPSA) is 87.2 Å². The van der Waals surface area contributed by atoms with Gasteiger partial charge in [-0.15, -0.1) is 0 Å². The lowest BCUT2D eigenvalue weighted by molar-refractivity contribution is -0.135. The molecule has 1 saturated heterocycles. The van der Waals surface area contributed by atoms with Crippen LogP contribution in [0.3, 0.4) is 0 Å². The molecule has 10 heteroatoms. The number of rotatable bonds is 6. The van der Waals surface area contributed by atoms with Crippen molar-refractivity contribution in [2.75, 3.05) is 51.8 Å². The van der Waals surface area contributed by atoms with Crippen LogP contribution in [0, 0.1) is 0 Å². The van der Waals surface area contributed by atoms with E-state index in [1.165, 1.54) is 33.5 Å². The summed E-state index contributed by atoms with van der Waals surface area (Å²) in [6, 6.07) is 12.8. The second-order valence-electron chi connectivity index (χ2n) is 7.26. The molecule has 8 nitrogen and oxygen atoms in total. The van der Waals surface area contributed by atoms with Crippen LogP contribution >= 0.6 is 11.6 Å². The number of halogens is 1. The fourth-order valence-corrected chi connectivity index (χ4v) is 4.68.